The zero-order valence-corrected chi connectivity index (χ0v) is 14.5. The summed E-state index contributed by atoms with van der Waals surface area (Å²) >= 11 is 0. The van der Waals surface area contributed by atoms with Crippen molar-refractivity contribution in [2.45, 2.75) is 12.0 Å². The summed E-state index contributed by atoms with van der Waals surface area (Å²) in [7, 11) is 1.14. The standard InChI is InChI=1S/C17H19N3O7/c1-27-13(22)9-19-16(26)17(7-11(17)15(24)25)20-12(21)8-18-14(23)10-5-3-2-4-6-10/h2-6,11H,7-9H2,1H3,(H,18,23)(H,19,26)(H,20,21)(H,24,25)/t11-,17-/m1/s1. The second-order valence-corrected chi connectivity index (χ2v) is 5.92. The zero-order chi connectivity index (χ0) is 20.0. The number of esters is 1. The van der Waals surface area contributed by atoms with Crippen molar-refractivity contribution < 1.29 is 33.8 Å². The number of methoxy groups -OCH3 is 1. The summed E-state index contributed by atoms with van der Waals surface area (Å²) in [5, 5.41) is 16.1. The Morgan fingerprint density at radius 2 is 1.78 bits per heavy atom. The van der Waals surface area contributed by atoms with E-state index in [2.05, 4.69) is 20.7 Å². The lowest BCUT2D eigenvalue weighted by Crippen LogP contribution is -2.54. The second kappa shape index (κ2) is 8.30. The molecule has 2 atom stereocenters. The molecule has 144 valence electrons. The van der Waals surface area contributed by atoms with Gasteiger partial charge in [-0.15, -0.1) is 0 Å². The van der Waals surface area contributed by atoms with E-state index >= 15 is 0 Å². The van der Waals surface area contributed by atoms with Crippen LogP contribution in [0.1, 0.15) is 16.8 Å². The van der Waals surface area contributed by atoms with E-state index in [1.165, 1.54) is 0 Å². The third kappa shape index (κ3) is 4.81. The number of hydrogen-bond acceptors (Lipinski definition) is 6. The molecule has 0 saturated heterocycles. The molecule has 1 aliphatic carbocycles. The van der Waals surface area contributed by atoms with E-state index < -0.39 is 54.2 Å². The molecule has 3 amide bonds. The molecule has 0 heterocycles. The van der Waals surface area contributed by atoms with E-state index in [4.69, 9.17) is 5.11 Å². The molecule has 4 N–H and O–H groups in total. The molecule has 0 radical (unpaired) electrons. The maximum absolute atomic E-state index is 12.3. The summed E-state index contributed by atoms with van der Waals surface area (Å²) in [6.07, 6.45) is -0.117. The lowest BCUT2D eigenvalue weighted by Gasteiger charge is -2.18. The Bertz CT molecular complexity index is 765. The third-order valence-corrected chi connectivity index (χ3v) is 4.09. The summed E-state index contributed by atoms with van der Waals surface area (Å²) in [4.78, 5) is 58.7. The molecule has 0 bridgehead atoms. The van der Waals surface area contributed by atoms with E-state index in [1.807, 2.05) is 0 Å². The summed E-state index contributed by atoms with van der Waals surface area (Å²) in [6, 6.07) is 8.19. The topological polar surface area (TPSA) is 151 Å². The first-order valence-corrected chi connectivity index (χ1v) is 8.02. The minimum absolute atomic E-state index is 0.117. The van der Waals surface area contributed by atoms with Crippen LogP contribution in [0.4, 0.5) is 0 Å². The van der Waals surface area contributed by atoms with Crippen molar-refractivity contribution >= 4 is 29.7 Å². The van der Waals surface area contributed by atoms with Gasteiger partial charge in [0.2, 0.25) is 11.8 Å². The summed E-state index contributed by atoms with van der Waals surface area (Å²) in [5.41, 5.74) is -1.31. The van der Waals surface area contributed by atoms with Crippen molar-refractivity contribution in [3.05, 3.63) is 35.9 Å². The van der Waals surface area contributed by atoms with Gasteiger partial charge in [0.05, 0.1) is 19.6 Å². The molecule has 0 aliphatic heterocycles. The zero-order valence-electron chi connectivity index (χ0n) is 14.5. The van der Waals surface area contributed by atoms with Gasteiger partial charge in [0.25, 0.3) is 5.91 Å². The highest BCUT2D eigenvalue weighted by molar-refractivity contribution is 6.02. The van der Waals surface area contributed by atoms with Gasteiger partial charge in [-0.1, -0.05) is 18.2 Å². The average Bonchev–Trinajstić information content (AvgIpc) is 3.40. The molecule has 0 spiro atoms. The minimum atomic E-state index is -1.66. The van der Waals surface area contributed by atoms with Crippen LogP contribution in [0.3, 0.4) is 0 Å². The third-order valence-electron chi connectivity index (χ3n) is 4.09. The Kier molecular flexibility index (Phi) is 6.11. The number of carboxylic acids is 1. The fourth-order valence-corrected chi connectivity index (χ4v) is 2.53. The fraction of sp³-hybridized carbons (Fsp3) is 0.353. The molecule has 1 fully saturated rings. The largest absolute Gasteiger partial charge is 0.481 e. The van der Waals surface area contributed by atoms with Gasteiger partial charge >= 0.3 is 11.9 Å². The van der Waals surface area contributed by atoms with E-state index in [1.54, 1.807) is 30.3 Å². The average molecular weight is 377 g/mol. The first-order chi connectivity index (χ1) is 12.8. The number of nitrogens with one attached hydrogen (secondary N) is 3. The molecule has 10 nitrogen and oxygen atoms in total. The second-order valence-electron chi connectivity index (χ2n) is 5.92. The van der Waals surface area contributed by atoms with Gasteiger partial charge in [0.1, 0.15) is 12.1 Å². The van der Waals surface area contributed by atoms with Crippen LogP contribution >= 0.6 is 0 Å². The van der Waals surface area contributed by atoms with Crippen LogP contribution in [0.5, 0.6) is 0 Å². The highest BCUT2D eigenvalue weighted by Crippen LogP contribution is 2.43. The van der Waals surface area contributed by atoms with Gasteiger partial charge in [-0.2, -0.15) is 0 Å². The quantitative estimate of drug-likeness (QED) is 0.410. The van der Waals surface area contributed by atoms with Gasteiger partial charge < -0.3 is 25.8 Å². The molecule has 2 rings (SSSR count). The molecule has 1 aliphatic rings. The normalized spacial score (nSPS) is 20.1. The number of hydrogen-bond donors (Lipinski definition) is 4. The molecular weight excluding hydrogens is 358 g/mol. The lowest BCUT2D eigenvalue weighted by molar-refractivity contribution is -0.142. The van der Waals surface area contributed by atoms with E-state index in [0.29, 0.717) is 5.56 Å². The maximum Gasteiger partial charge on any atom is 0.325 e. The van der Waals surface area contributed by atoms with Gasteiger partial charge in [-0.05, 0) is 18.6 Å². The Morgan fingerprint density at radius 3 is 2.33 bits per heavy atom. The van der Waals surface area contributed by atoms with Crippen molar-refractivity contribution in [3.63, 3.8) is 0 Å². The van der Waals surface area contributed by atoms with Crippen LogP contribution in [0, 0.1) is 5.92 Å². The first-order valence-electron chi connectivity index (χ1n) is 8.02. The molecular formula is C17H19N3O7. The summed E-state index contributed by atoms with van der Waals surface area (Å²) in [5.74, 6) is -5.10. The van der Waals surface area contributed by atoms with Crippen LogP contribution in [-0.2, 0) is 23.9 Å². The number of carboxylic acid groups (broad SMARTS) is 1. The predicted molar refractivity (Wildman–Crippen MR) is 90.4 cm³/mol. The summed E-state index contributed by atoms with van der Waals surface area (Å²) < 4.78 is 4.39. The number of benzene rings is 1. The number of amides is 3. The number of aliphatic carboxylic acids is 1. The Balaban J connectivity index is 1.94. The summed E-state index contributed by atoms with van der Waals surface area (Å²) in [6.45, 7) is -0.893. The number of carbonyl (C=O) groups excluding carboxylic acids is 4. The molecule has 0 unspecified atom stereocenters. The van der Waals surface area contributed by atoms with E-state index in [9.17, 15) is 24.0 Å². The van der Waals surface area contributed by atoms with Gasteiger partial charge in [-0.3, -0.25) is 24.0 Å². The van der Waals surface area contributed by atoms with Crippen LogP contribution < -0.4 is 16.0 Å². The molecule has 1 aromatic carbocycles. The van der Waals surface area contributed by atoms with E-state index in [0.717, 1.165) is 7.11 Å². The maximum atomic E-state index is 12.3. The number of rotatable bonds is 8. The van der Waals surface area contributed by atoms with E-state index in [-0.39, 0.29) is 6.42 Å². The smallest absolute Gasteiger partial charge is 0.325 e. The Morgan fingerprint density at radius 1 is 1.11 bits per heavy atom. The fourth-order valence-electron chi connectivity index (χ4n) is 2.53. The van der Waals surface area contributed by atoms with Gasteiger partial charge in [0, 0.05) is 5.56 Å². The van der Waals surface area contributed by atoms with Crippen LogP contribution in [-0.4, -0.2) is 60.5 Å². The molecule has 1 aromatic rings. The SMILES string of the molecule is COC(=O)CNC(=O)[C@@]1(NC(=O)CNC(=O)c2ccccc2)C[C@@H]1C(=O)O. The molecule has 10 heteroatoms. The van der Waals surface area contributed by atoms with Gasteiger partial charge in [0.15, 0.2) is 0 Å². The number of carbonyl (C=O) groups is 5. The van der Waals surface area contributed by atoms with Crippen molar-refractivity contribution in [2.24, 2.45) is 5.92 Å². The minimum Gasteiger partial charge on any atom is -0.481 e. The Labute approximate surface area is 154 Å². The van der Waals surface area contributed by atoms with Crippen molar-refractivity contribution in [2.75, 3.05) is 20.2 Å². The predicted octanol–water partition coefficient (Wildman–Crippen LogP) is -1.33. The van der Waals surface area contributed by atoms with Gasteiger partial charge in [-0.25, -0.2) is 0 Å². The van der Waals surface area contributed by atoms with Crippen LogP contribution in [0.25, 0.3) is 0 Å². The molecule has 27 heavy (non-hydrogen) atoms. The van der Waals surface area contributed by atoms with Crippen LogP contribution in [0.2, 0.25) is 0 Å². The molecule has 0 aromatic heterocycles. The molecule has 1 saturated carbocycles. The Hall–Kier alpha value is -3.43. The van der Waals surface area contributed by atoms with Crippen molar-refractivity contribution in [3.8, 4) is 0 Å². The highest BCUT2D eigenvalue weighted by Gasteiger charge is 2.65. The first kappa shape index (κ1) is 19.9. The van der Waals surface area contributed by atoms with Crippen molar-refractivity contribution in [1.82, 2.24) is 16.0 Å². The number of ether oxygens (including phenoxy) is 1. The lowest BCUT2D eigenvalue weighted by atomic mass is 10.1. The van der Waals surface area contributed by atoms with Crippen LogP contribution in [0.15, 0.2) is 30.3 Å². The monoisotopic (exact) mass is 377 g/mol. The van der Waals surface area contributed by atoms with Crippen molar-refractivity contribution in [1.29, 1.82) is 0 Å². The highest BCUT2D eigenvalue weighted by atomic mass is 16.5.